The molecule has 0 aliphatic carbocycles. The van der Waals surface area contributed by atoms with Crippen molar-refractivity contribution in [3.63, 3.8) is 0 Å². The normalized spacial score (nSPS) is 11.8. The first kappa shape index (κ1) is 19.9. The molecular weight excluding hydrogens is 393 g/mol. The fraction of sp³-hybridized carbons (Fsp3) is 0.133. The molecule has 6 nitrogen and oxygen atoms in total. The second kappa shape index (κ2) is 7.04. The van der Waals surface area contributed by atoms with E-state index in [1.807, 2.05) is 0 Å². The van der Waals surface area contributed by atoms with Crippen molar-refractivity contribution in [1.29, 1.82) is 0 Å². The van der Waals surface area contributed by atoms with Crippen LogP contribution in [0.25, 0.3) is 17.2 Å². The van der Waals surface area contributed by atoms with E-state index >= 15 is 0 Å². The van der Waals surface area contributed by atoms with E-state index in [1.54, 1.807) is 12.1 Å². The van der Waals surface area contributed by atoms with Gasteiger partial charge in [-0.15, -0.1) is 17.5 Å². The summed E-state index contributed by atoms with van der Waals surface area (Å²) in [6.45, 7) is 0. The standard InChI is InChI=1S/C15H11F3N4O2S.ClH/c1-25(23,24)11-7-5-10(6-8-11)13-20-14(15(16,17)18)21-22(13)12-4-2-3-9-19-12;/h2-9H,1H3;1H. The van der Waals surface area contributed by atoms with Crippen LogP contribution in [0, 0.1) is 0 Å². The van der Waals surface area contributed by atoms with Crippen LogP contribution in [0.1, 0.15) is 5.82 Å². The van der Waals surface area contributed by atoms with E-state index in [1.165, 1.54) is 36.5 Å². The van der Waals surface area contributed by atoms with Crippen LogP contribution in [0.4, 0.5) is 13.2 Å². The van der Waals surface area contributed by atoms with E-state index in [0.717, 1.165) is 10.9 Å². The summed E-state index contributed by atoms with van der Waals surface area (Å²) in [5.74, 6) is -1.24. The van der Waals surface area contributed by atoms with Crippen LogP contribution >= 0.6 is 12.4 Å². The van der Waals surface area contributed by atoms with E-state index in [9.17, 15) is 21.6 Å². The Bertz CT molecular complexity index is 1000. The molecular formula is C15H12ClF3N4O2S. The Hall–Kier alpha value is -2.46. The van der Waals surface area contributed by atoms with Gasteiger partial charge in [-0.25, -0.2) is 18.4 Å². The molecule has 0 bridgehead atoms. The SMILES string of the molecule is CS(=O)(=O)c1ccc(-c2nc(C(F)(F)F)nn2-c2ccccn2)cc1.Cl. The molecule has 0 aliphatic rings. The van der Waals surface area contributed by atoms with Crippen molar-refractivity contribution in [2.45, 2.75) is 11.1 Å². The van der Waals surface area contributed by atoms with E-state index in [4.69, 9.17) is 0 Å². The average molecular weight is 405 g/mol. The highest BCUT2D eigenvalue weighted by Gasteiger charge is 2.37. The van der Waals surface area contributed by atoms with Gasteiger partial charge in [0.25, 0.3) is 5.82 Å². The predicted octanol–water partition coefficient (Wildman–Crippen LogP) is 3.17. The number of halogens is 4. The molecule has 0 spiro atoms. The molecule has 0 radical (unpaired) electrons. The second-order valence-corrected chi connectivity index (χ2v) is 7.17. The highest BCUT2D eigenvalue weighted by molar-refractivity contribution is 7.90. The first-order valence-electron chi connectivity index (χ1n) is 6.92. The summed E-state index contributed by atoms with van der Waals surface area (Å²) in [6, 6.07) is 10.1. The number of hydrogen-bond donors (Lipinski definition) is 0. The molecule has 0 saturated heterocycles. The lowest BCUT2D eigenvalue weighted by Gasteiger charge is -2.05. The zero-order chi connectivity index (χ0) is 18.2. The summed E-state index contributed by atoms with van der Waals surface area (Å²) < 4.78 is 63.0. The summed E-state index contributed by atoms with van der Waals surface area (Å²) in [6.07, 6.45) is -2.26. The summed E-state index contributed by atoms with van der Waals surface area (Å²) >= 11 is 0. The minimum atomic E-state index is -4.72. The first-order valence-corrected chi connectivity index (χ1v) is 8.81. The third-order valence-electron chi connectivity index (χ3n) is 3.27. The van der Waals surface area contributed by atoms with Gasteiger partial charge in [0.15, 0.2) is 21.5 Å². The van der Waals surface area contributed by atoms with Gasteiger partial charge in [-0.2, -0.15) is 17.9 Å². The second-order valence-electron chi connectivity index (χ2n) is 5.15. The lowest BCUT2D eigenvalue weighted by Crippen LogP contribution is -2.09. The van der Waals surface area contributed by atoms with Crippen molar-refractivity contribution < 1.29 is 21.6 Å². The van der Waals surface area contributed by atoms with Crippen molar-refractivity contribution in [2.75, 3.05) is 6.26 Å². The molecule has 0 N–H and O–H groups in total. The highest BCUT2D eigenvalue weighted by atomic mass is 35.5. The summed E-state index contributed by atoms with van der Waals surface area (Å²) in [5.41, 5.74) is 0.279. The maximum Gasteiger partial charge on any atom is 0.453 e. The largest absolute Gasteiger partial charge is 0.453 e. The molecule has 0 amide bonds. The fourth-order valence-corrected chi connectivity index (χ4v) is 2.74. The maximum atomic E-state index is 13.0. The van der Waals surface area contributed by atoms with Gasteiger partial charge in [0.05, 0.1) is 4.90 Å². The molecule has 0 saturated carbocycles. The van der Waals surface area contributed by atoms with Crippen molar-refractivity contribution in [3.8, 4) is 17.2 Å². The Labute approximate surface area is 153 Å². The quantitative estimate of drug-likeness (QED) is 0.670. The molecule has 0 aliphatic heterocycles. The number of aromatic nitrogens is 4. The van der Waals surface area contributed by atoms with Crippen LogP contribution in [0.15, 0.2) is 53.6 Å². The molecule has 2 aromatic heterocycles. The summed E-state index contributed by atoms with van der Waals surface area (Å²) in [4.78, 5) is 7.59. The van der Waals surface area contributed by atoms with Crippen molar-refractivity contribution in [2.24, 2.45) is 0 Å². The lowest BCUT2D eigenvalue weighted by molar-refractivity contribution is -0.144. The van der Waals surface area contributed by atoms with Gasteiger partial charge in [-0.3, -0.25) is 0 Å². The molecule has 0 fully saturated rings. The fourth-order valence-electron chi connectivity index (χ4n) is 2.11. The van der Waals surface area contributed by atoms with Gasteiger partial charge in [0.2, 0.25) is 0 Å². The number of hydrogen-bond acceptors (Lipinski definition) is 5. The molecule has 2 heterocycles. The topological polar surface area (TPSA) is 77.7 Å². The molecule has 11 heteroatoms. The first-order chi connectivity index (χ1) is 11.7. The van der Waals surface area contributed by atoms with Gasteiger partial charge in [0, 0.05) is 18.0 Å². The third-order valence-corrected chi connectivity index (χ3v) is 4.40. The Morgan fingerprint density at radius 2 is 1.69 bits per heavy atom. The number of benzene rings is 1. The number of nitrogens with zero attached hydrogens (tertiary/aromatic N) is 4. The van der Waals surface area contributed by atoms with E-state index < -0.39 is 21.8 Å². The van der Waals surface area contributed by atoms with Crippen molar-refractivity contribution in [1.82, 2.24) is 19.7 Å². The molecule has 138 valence electrons. The maximum absolute atomic E-state index is 13.0. The third kappa shape index (κ3) is 4.02. The summed E-state index contributed by atoms with van der Waals surface area (Å²) in [7, 11) is -3.42. The number of rotatable bonds is 3. The van der Waals surface area contributed by atoms with E-state index in [2.05, 4.69) is 15.1 Å². The Morgan fingerprint density at radius 1 is 1.04 bits per heavy atom. The average Bonchev–Trinajstić information content (AvgIpc) is 3.00. The number of pyridine rings is 1. The van der Waals surface area contributed by atoms with Gasteiger partial charge in [0.1, 0.15) is 0 Å². The van der Waals surface area contributed by atoms with Crippen molar-refractivity contribution in [3.05, 3.63) is 54.5 Å². The van der Waals surface area contributed by atoms with Gasteiger partial charge < -0.3 is 0 Å². The number of alkyl halides is 3. The minimum absolute atomic E-state index is 0. The van der Waals surface area contributed by atoms with Crippen LogP contribution < -0.4 is 0 Å². The van der Waals surface area contributed by atoms with Crippen LogP contribution in [0.3, 0.4) is 0 Å². The zero-order valence-corrected chi connectivity index (χ0v) is 14.8. The van der Waals surface area contributed by atoms with Gasteiger partial charge in [-0.1, -0.05) is 6.07 Å². The minimum Gasteiger partial charge on any atom is -0.237 e. The summed E-state index contributed by atoms with van der Waals surface area (Å²) in [5, 5.41) is 3.50. The van der Waals surface area contributed by atoms with Crippen LogP contribution in [-0.2, 0) is 16.0 Å². The van der Waals surface area contributed by atoms with E-state index in [0.29, 0.717) is 0 Å². The molecule has 0 atom stereocenters. The number of sulfone groups is 1. The molecule has 0 unspecified atom stereocenters. The Balaban J connectivity index is 0.00000243. The highest BCUT2D eigenvalue weighted by Crippen LogP contribution is 2.30. The smallest absolute Gasteiger partial charge is 0.237 e. The van der Waals surface area contributed by atoms with Crippen molar-refractivity contribution >= 4 is 22.2 Å². The Kier molecular flexibility index (Phi) is 5.38. The van der Waals surface area contributed by atoms with Crippen LogP contribution in [0.5, 0.6) is 0 Å². The molecule has 26 heavy (non-hydrogen) atoms. The Morgan fingerprint density at radius 3 is 2.19 bits per heavy atom. The van der Waals surface area contributed by atoms with Crippen LogP contribution in [0.2, 0.25) is 0 Å². The predicted molar refractivity (Wildman–Crippen MR) is 89.9 cm³/mol. The van der Waals surface area contributed by atoms with Gasteiger partial charge >= 0.3 is 6.18 Å². The molecule has 3 rings (SSSR count). The zero-order valence-electron chi connectivity index (χ0n) is 13.2. The molecule has 1 aromatic carbocycles. The molecule has 3 aromatic rings. The van der Waals surface area contributed by atoms with Gasteiger partial charge in [-0.05, 0) is 36.4 Å². The monoisotopic (exact) mass is 404 g/mol. The van der Waals surface area contributed by atoms with E-state index in [-0.39, 0.29) is 34.5 Å². The van der Waals surface area contributed by atoms with Crippen LogP contribution in [-0.4, -0.2) is 34.4 Å². The lowest BCUT2D eigenvalue weighted by atomic mass is 10.2.